The van der Waals surface area contributed by atoms with E-state index in [9.17, 15) is 13.5 Å². The van der Waals surface area contributed by atoms with Crippen LogP contribution in [-0.2, 0) is 10.0 Å². The molecule has 1 aliphatic rings. The van der Waals surface area contributed by atoms with Crippen LogP contribution in [0.5, 0.6) is 5.75 Å². The standard InChI is InChI=1S/C14H22N2O4S/c1-9-6-13(20-3)14(7-12(9)15)21(18,19)16-5-4-11(8-16)10(2)17/h6-7,10-11,17H,4-5,8,15H2,1-3H3. The summed E-state index contributed by atoms with van der Waals surface area (Å²) in [7, 11) is -2.23. The predicted octanol–water partition coefficient (Wildman–Crippen LogP) is 0.977. The fourth-order valence-electron chi connectivity index (χ4n) is 2.54. The van der Waals surface area contributed by atoms with Crippen LogP contribution in [0.3, 0.4) is 0 Å². The smallest absolute Gasteiger partial charge is 0.246 e. The number of benzene rings is 1. The molecule has 1 heterocycles. The summed E-state index contributed by atoms with van der Waals surface area (Å²) in [4.78, 5) is 0.0827. The summed E-state index contributed by atoms with van der Waals surface area (Å²) >= 11 is 0. The van der Waals surface area contributed by atoms with E-state index in [0.29, 0.717) is 30.9 Å². The van der Waals surface area contributed by atoms with Crippen molar-refractivity contribution in [1.29, 1.82) is 0 Å². The zero-order valence-electron chi connectivity index (χ0n) is 12.5. The summed E-state index contributed by atoms with van der Waals surface area (Å²) in [5.74, 6) is 0.260. The van der Waals surface area contributed by atoms with Crippen LogP contribution in [0.2, 0.25) is 0 Å². The minimum atomic E-state index is -3.67. The van der Waals surface area contributed by atoms with Crippen molar-refractivity contribution < 1.29 is 18.3 Å². The van der Waals surface area contributed by atoms with E-state index in [-0.39, 0.29) is 10.8 Å². The van der Waals surface area contributed by atoms with Gasteiger partial charge < -0.3 is 15.6 Å². The Balaban J connectivity index is 2.39. The van der Waals surface area contributed by atoms with Gasteiger partial charge in [0.15, 0.2) is 0 Å². The average Bonchev–Trinajstić information content (AvgIpc) is 2.91. The number of aliphatic hydroxyl groups is 1. The number of methoxy groups -OCH3 is 1. The molecular weight excluding hydrogens is 292 g/mol. The van der Waals surface area contributed by atoms with Crippen LogP contribution in [0.15, 0.2) is 17.0 Å². The maximum absolute atomic E-state index is 12.8. The molecule has 1 aliphatic heterocycles. The first-order valence-corrected chi connectivity index (χ1v) is 8.33. The summed E-state index contributed by atoms with van der Waals surface area (Å²) in [5.41, 5.74) is 7.03. The van der Waals surface area contributed by atoms with E-state index in [1.54, 1.807) is 19.9 Å². The fourth-order valence-corrected chi connectivity index (χ4v) is 4.23. The highest BCUT2D eigenvalue weighted by atomic mass is 32.2. The van der Waals surface area contributed by atoms with Crippen LogP contribution in [-0.4, -0.2) is 44.1 Å². The molecule has 1 saturated heterocycles. The van der Waals surface area contributed by atoms with Crippen LogP contribution in [0.1, 0.15) is 18.9 Å². The van der Waals surface area contributed by atoms with Crippen molar-refractivity contribution in [2.75, 3.05) is 25.9 Å². The highest BCUT2D eigenvalue weighted by Gasteiger charge is 2.36. The van der Waals surface area contributed by atoms with Crippen molar-refractivity contribution in [1.82, 2.24) is 4.31 Å². The van der Waals surface area contributed by atoms with E-state index < -0.39 is 16.1 Å². The molecule has 118 valence electrons. The SMILES string of the molecule is COc1cc(C)c(N)cc1S(=O)(=O)N1CCC(C(C)O)C1. The minimum Gasteiger partial charge on any atom is -0.495 e. The van der Waals surface area contributed by atoms with Crippen LogP contribution in [0.4, 0.5) is 5.69 Å². The quantitative estimate of drug-likeness (QED) is 0.808. The number of ether oxygens (including phenoxy) is 1. The zero-order valence-corrected chi connectivity index (χ0v) is 13.4. The Bertz CT molecular complexity index is 628. The highest BCUT2D eigenvalue weighted by Crippen LogP contribution is 2.33. The molecule has 21 heavy (non-hydrogen) atoms. The Hall–Kier alpha value is -1.31. The van der Waals surface area contributed by atoms with Crippen LogP contribution < -0.4 is 10.5 Å². The molecule has 6 nitrogen and oxygen atoms in total. The third-order valence-electron chi connectivity index (χ3n) is 4.04. The first-order chi connectivity index (χ1) is 9.77. The fraction of sp³-hybridized carbons (Fsp3) is 0.571. The van der Waals surface area contributed by atoms with Gasteiger partial charge in [-0.25, -0.2) is 8.42 Å². The molecule has 2 atom stereocenters. The third-order valence-corrected chi connectivity index (χ3v) is 5.93. The van der Waals surface area contributed by atoms with Gasteiger partial charge in [0.2, 0.25) is 10.0 Å². The molecule has 2 rings (SSSR count). The Morgan fingerprint density at radius 3 is 2.67 bits per heavy atom. The lowest BCUT2D eigenvalue weighted by atomic mass is 10.0. The maximum Gasteiger partial charge on any atom is 0.246 e. The molecule has 1 fully saturated rings. The molecule has 1 aromatic carbocycles. The lowest BCUT2D eigenvalue weighted by molar-refractivity contribution is 0.133. The van der Waals surface area contributed by atoms with Gasteiger partial charge in [0.1, 0.15) is 10.6 Å². The van der Waals surface area contributed by atoms with Crippen molar-refractivity contribution in [2.45, 2.75) is 31.3 Å². The molecule has 1 aromatic rings. The maximum atomic E-state index is 12.8. The van der Waals surface area contributed by atoms with Gasteiger partial charge in [-0.05, 0) is 43.9 Å². The lowest BCUT2D eigenvalue weighted by Gasteiger charge is -2.20. The zero-order chi connectivity index (χ0) is 15.8. The monoisotopic (exact) mass is 314 g/mol. The van der Waals surface area contributed by atoms with Gasteiger partial charge in [0.05, 0.1) is 13.2 Å². The second-order valence-corrected chi connectivity index (χ2v) is 7.42. The first-order valence-electron chi connectivity index (χ1n) is 6.89. The Labute approximate surface area is 125 Å². The summed E-state index contributed by atoms with van der Waals surface area (Å²) < 4.78 is 32.1. The largest absolute Gasteiger partial charge is 0.495 e. The van der Waals surface area contributed by atoms with Gasteiger partial charge >= 0.3 is 0 Å². The topological polar surface area (TPSA) is 92.9 Å². The van der Waals surface area contributed by atoms with E-state index in [1.807, 2.05) is 0 Å². The van der Waals surface area contributed by atoms with E-state index in [0.717, 1.165) is 5.56 Å². The van der Waals surface area contributed by atoms with E-state index in [2.05, 4.69) is 0 Å². The van der Waals surface area contributed by atoms with E-state index in [1.165, 1.54) is 17.5 Å². The molecule has 0 aromatic heterocycles. The van der Waals surface area contributed by atoms with Crippen molar-refractivity contribution >= 4 is 15.7 Å². The molecule has 7 heteroatoms. The molecule has 0 radical (unpaired) electrons. The number of rotatable bonds is 4. The molecule has 2 unspecified atom stereocenters. The van der Waals surface area contributed by atoms with Crippen molar-refractivity contribution in [3.8, 4) is 5.75 Å². The Morgan fingerprint density at radius 2 is 2.14 bits per heavy atom. The Morgan fingerprint density at radius 1 is 1.48 bits per heavy atom. The van der Waals surface area contributed by atoms with Crippen molar-refractivity contribution in [2.24, 2.45) is 5.92 Å². The van der Waals surface area contributed by atoms with Gasteiger partial charge in [-0.2, -0.15) is 4.31 Å². The number of hydrogen-bond donors (Lipinski definition) is 2. The lowest BCUT2D eigenvalue weighted by Crippen LogP contribution is -2.31. The van der Waals surface area contributed by atoms with Crippen molar-refractivity contribution in [3.63, 3.8) is 0 Å². The van der Waals surface area contributed by atoms with Gasteiger partial charge in [-0.15, -0.1) is 0 Å². The summed E-state index contributed by atoms with van der Waals surface area (Å²) in [6.07, 6.45) is 0.135. The Kier molecular flexibility index (Phi) is 4.46. The average molecular weight is 314 g/mol. The molecule has 0 amide bonds. The third kappa shape index (κ3) is 3.00. The summed E-state index contributed by atoms with van der Waals surface area (Å²) in [6.45, 7) is 4.20. The number of anilines is 1. The van der Waals surface area contributed by atoms with Crippen LogP contribution in [0.25, 0.3) is 0 Å². The number of aryl methyl sites for hydroxylation is 1. The molecule has 0 bridgehead atoms. The van der Waals surface area contributed by atoms with Crippen molar-refractivity contribution in [3.05, 3.63) is 17.7 Å². The molecule has 3 N–H and O–H groups in total. The molecule has 0 aliphatic carbocycles. The molecular formula is C14H22N2O4S. The second-order valence-electron chi connectivity index (χ2n) is 5.51. The normalized spacial score (nSPS) is 21.4. The predicted molar refractivity (Wildman–Crippen MR) is 80.7 cm³/mol. The van der Waals surface area contributed by atoms with Crippen LogP contribution >= 0.6 is 0 Å². The number of aliphatic hydroxyl groups excluding tert-OH is 1. The summed E-state index contributed by atoms with van der Waals surface area (Å²) in [5, 5.41) is 9.62. The van der Waals surface area contributed by atoms with E-state index >= 15 is 0 Å². The number of nitrogens with two attached hydrogens (primary N) is 1. The first kappa shape index (κ1) is 16.1. The van der Waals surface area contributed by atoms with Gasteiger partial charge in [0, 0.05) is 18.8 Å². The molecule has 0 saturated carbocycles. The number of nitrogen functional groups attached to an aromatic ring is 1. The number of sulfonamides is 1. The second kappa shape index (κ2) is 5.82. The van der Waals surface area contributed by atoms with Gasteiger partial charge in [-0.1, -0.05) is 0 Å². The highest BCUT2D eigenvalue weighted by molar-refractivity contribution is 7.89. The van der Waals surface area contributed by atoms with Gasteiger partial charge in [0.25, 0.3) is 0 Å². The molecule has 0 spiro atoms. The number of hydrogen-bond acceptors (Lipinski definition) is 5. The van der Waals surface area contributed by atoms with E-state index in [4.69, 9.17) is 10.5 Å². The van der Waals surface area contributed by atoms with Gasteiger partial charge in [-0.3, -0.25) is 0 Å². The number of nitrogens with zero attached hydrogens (tertiary/aromatic N) is 1. The summed E-state index contributed by atoms with van der Waals surface area (Å²) in [6, 6.07) is 3.07. The minimum absolute atomic E-state index is 0.0337. The van der Waals surface area contributed by atoms with Crippen LogP contribution in [0, 0.1) is 12.8 Å².